The minimum atomic E-state index is -0.567. The summed E-state index contributed by atoms with van der Waals surface area (Å²) in [4.78, 5) is 27.8. The van der Waals surface area contributed by atoms with Gasteiger partial charge in [-0.15, -0.1) is 0 Å². The zero-order valence-electron chi connectivity index (χ0n) is 20.7. The van der Waals surface area contributed by atoms with Crippen molar-refractivity contribution >= 4 is 27.7 Å². The maximum absolute atomic E-state index is 13.3. The summed E-state index contributed by atoms with van der Waals surface area (Å²) >= 11 is 3.49. The van der Waals surface area contributed by atoms with Crippen molar-refractivity contribution in [3.63, 3.8) is 0 Å². The van der Waals surface area contributed by atoms with Crippen molar-refractivity contribution in [1.29, 1.82) is 0 Å². The first-order valence-electron chi connectivity index (χ1n) is 12.1. The molecular weight excluding hydrogens is 496 g/mol. The molecule has 2 aromatic carbocycles. The highest BCUT2D eigenvalue weighted by atomic mass is 79.9. The van der Waals surface area contributed by atoms with Crippen LogP contribution in [0.3, 0.4) is 0 Å². The molecule has 0 saturated heterocycles. The van der Waals surface area contributed by atoms with Gasteiger partial charge in [-0.25, -0.2) is 0 Å². The first-order valence-corrected chi connectivity index (χ1v) is 12.9. The summed E-state index contributed by atoms with van der Waals surface area (Å²) in [5, 5.41) is 2.96. The van der Waals surface area contributed by atoms with Crippen molar-refractivity contribution in [3.05, 3.63) is 58.1 Å². The standard InChI is InChI=1S/C27H37BrN2O4/c1-5-8-16-29-27(32)20(4)30(19-22-10-9-11-23(28)17-22)26(31)15-13-21-12-14-24(33-6-2)25(18-21)34-7-3/h9-12,14,17-18,20H,5-8,13,15-16,19H2,1-4H3,(H,29,32). The minimum absolute atomic E-state index is 0.0649. The largest absolute Gasteiger partial charge is 0.490 e. The third-order valence-corrected chi connectivity index (χ3v) is 5.97. The Morgan fingerprint density at radius 3 is 2.41 bits per heavy atom. The van der Waals surface area contributed by atoms with Gasteiger partial charge in [-0.3, -0.25) is 9.59 Å². The zero-order chi connectivity index (χ0) is 24.9. The van der Waals surface area contributed by atoms with E-state index in [-0.39, 0.29) is 11.8 Å². The number of nitrogens with one attached hydrogen (secondary N) is 1. The lowest BCUT2D eigenvalue weighted by Crippen LogP contribution is -2.47. The fourth-order valence-electron chi connectivity index (χ4n) is 3.60. The van der Waals surface area contributed by atoms with Gasteiger partial charge < -0.3 is 19.7 Å². The topological polar surface area (TPSA) is 67.9 Å². The number of carbonyl (C=O) groups excluding carboxylic acids is 2. The van der Waals surface area contributed by atoms with E-state index >= 15 is 0 Å². The van der Waals surface area contributed by atoms with Gasteiger partial charge in [-0.05, 0) is 69.0 Å². The van der Waals surface area contributed by atoms with Crippen molar-refractivity contribution < 1.29 is 19.1 Å². The number of aryl methyl sites for hydroxylation is 1. The number of ether oxygens (including phenoxy) is 2. The van der Waals surface area contributed by atoms with Crippen LogP contribution in [0.15, 0.2) is 46.9 Å². The predicted molar refractivity (Wildman–Crippen MR) is 139 cm³/mol. The minimum Gasteiger partial charge on any atom is -0.490 e. The Morgan fingerprint density at radius 1 is 1.00 bits per heavy atom. The molecule has 34 heavy (non-hydrogen) atoms. The van der Waals surface area contributed by atoms with Gasteiger partial charge in [-0.1, -0.05) is 47.5 Å². The van der Waals surface area contributed by atoms with E-state index in [9.17, 15) is 9.59 Å². The number of carbonyl (C=O) groups is 2. The maximum Gasteiger partial charge on any atom is 0.242 e. The maximum atomic E-state index is 13.3. The molecule has 0 aromatic heterocycles. The van der Waals surface area contributed by atoms with Crippen molar-refractivity contribution in [2.24, 2.45) is 0 Å². The number of amides is 2. The zero-order valence-corrected chi connectivity index (χ0v) is 22.3. The fraction of sp³-hybridized carbons (Fsp3) is 0.481. The van der Waals surface area contributed by atoms with E-state index < -0.39 is 6.04 Å². The molecule has 0 spiro atoms. The summed E-state index contributed by atoms with van der Waals surface area (Å²) in [5.41, 5.74) is 1.96. The van der Waals surface area contributed by atoms with E-state index in [2.05, 4.69) is 28.2 Å². The Labute approximate surface area is 212 Å². The van der Waals surface area contributed by atoms with Crippen LogP contribution in [0.4, 0.5) is 0 Å². The molecule has 0 fully saturated rings. The Morgan fingerprint density at radius 2 is 1.74 bits per heavy atom. The quantitative estimate of drug-likeness (QED) is 0.325. The van der Waals surface area contributed by atoms with Gasteiger partial charge in [0.25, 0.3) is 0 Å². The van der Waals surface area contributed by atoms with Gasteiger partial charge in [0.15, 0.2) is 11.5 Å². The lowest BCUT2D eigenvalue weighted by atomic mass is 10.1. The average molecular weight is 534 g/mol. The second-order valence-corrected chi connectivity index (χ2v) is 9.03. The van der Waals surface area contributed by atoms with Gasteiger partial charge in [-0.2, -0.15) is 0 Å². The first kappa shape index (κ1) is 27.7. The van der Waals surface area contributed by atoms with Crippen LogP contribution in [0, 0.1) is 0 Å². The molecule has 1 unspecified atom stereocenters. The van der Waals surface area contributed by atoms with Crippen molar-refractivity contribution in [1.82, 2.24) is 10.2 Å². The predicted octanol–water partition coefficient (Wildman–Crippen LogP) is 5.51. The average Bonchev–Trinajstić information content (AvgIpc) is 2.82. The van der Waals surface area contributed by atoms with E-state index in [4.69, 9.17) is 9.47 Å². The molecule has 186 valence electrons. The lowest BCUT2D eigenvalue weighted by molar-refractivity contribution is -0.140. The molecule has 0 heterocycles. The molecule has 1 atom stereocenters. The summed E-state index contributed by atoms with van der Waals surface area (Å²) in [6.07, 6.45) is 2.75. The van der Waals surface area contributed by atoms with E-state index in [1.165, 1.54) is 0 Å². The highest BCUT2D eigenvalue weighted by Crippen LogP contribution is 2.29. The van der Waals surface area contributed by atoms with E-state index in [1.54, 1.807) is 11.8 Å². The molecule has 7 heteroatoms. The van der Waals surface area contributed by atoms with Gasteiger partial charge in [0.05, 0.1) is 13.2 Å². The van der Waals surface area contributed by atoms with Crippen molar-refractivity contribution in [2.75, 3.05) is 19.8 Å². The summed E-state index contributed by atoms with van der Waals surface area (Å²) in [7, 11) is 0. The number of hydrogen-bond donors (Lipinski definition) is 1. The second-order valence-electron chi connectivity index (χ2n) is 8.12. The van der Waals surface area contributed by atoms with Crippen LogP contribution >= 0.6 is 15.9 Å². The molecule has 0 aliphatic carbocycles. The van der Waals surface area contributed by atoms with Crippen LogP contribution in [-0.2, 0) is 22.6 Å². The van der Waals surface area contributed by atoms with Crippen molar-refractivity contribution in [2.45, 2.75) is 66.0 Å². The molecule has 0 bridgehead atoms. The van der Waals surface area contributed by atoms with Gasteiger partial charge in [0.1, 0.15) is 6.04 Å². The Balaban J connectivity index is 2.15. The van der Waals surface area contributed by atoms with Gasteiger partial charge in [0, 0.05) is 24.0 Å². The van der Waals surface area contributed by atoms with Crippen molar-refractivity contribution in [3.8, 4) is 11.5 Å². The van der Waals surface area contributed by atoms with Gasteiger partial charge in [0.2, 0.25) is 11.8 Å². The summed E-state index contributed by atoms with van der Waals surface area (Å²) in [6, 6.07) is 13.0. The van der Waals surface area contributed by atoms with E-state index in [0.717, 1.165) is 28.4 Å². The molecule has 0 radical (unpaired) electrons. The molecule has 1 N–H and O–H groups in total. The van der Waals surface area contributed by atoms with E-state index in [1.807, 2.05) is 56.3 Å². The highest BCUT2D eigenvalue weighted by molar-refractivity contribution is 9.10. The smallest absolute Gasteiger partial charge is 0.242 e. The number of rotatable bonds is 14. The molecule has 6 nitrogen and oxygen atoms in total. The van der Waals surface area contributed by atoms with Crippen LogP contribution in [0.5, 0.6) is 11.5 Å². The molecule has 0 aliphatic rings. The Hall–Kier alpha value is -2.54. The molecule has 2 amide bonds. The molecule has 0 saturated carbocycles. The molecule has 2 aromatic rings. The number of hydrogen-bond acceptors (Lipinski definition) is 4. The highest BCUT2D eigenvalue weighted by Gasteiger charge is 2.26. The second kappa shape index (κ2) is 14.7. The molecule has 0 aliphatic heterocycles. The lowest BCUT2D eigenvalue weighted by Gasteiger charge is -2.29. The molecular formula is C27H37BrN2O4. The third kappa shape index (κ3) is 8.67. The number of benzene rings is 2. The van der Waals surface area contributed by atoms with E-state index in [0.29, 0.717) is 50.6 Å². The third-order valence-electron chi connectivity index (χ3n) is 5.47. The Bertz CT molecular complexity index is 935. The number of halogens is 1. The summed E-state index contributed by atoms with van der Waals surface area (Å²) in [5.74, 6) is 1.19. The SMILES string of the molecule is CCCCNC(=O)C(C)N(Cc1cccc(Br)c1)C(=O)CCc1ccc(OCC)c(OCC)c1. The van der Waals surface area contributed by atoms with Crippen LogP contribution < -0.4 is 14.8 Å². The monoisotopic (exact) mass is 532 g/mol. The summed E-state index contributed by atoms with van der Waals surface area (Å²) in [6.45, 7) is 9.81. The fourth-order valence-corrected chi connectivity index (χ4v) is 4.04. The van der Waals surface area contributed by atoms with Crippen LogP contribution in [0.25, 0.3) is 0 Å². The van der Waals surface area contributed by atoms with Crippen LogP contribution in [-0.4, -0.2) is 42.5 Å². The van der Waals surface area contributed by atoms with Crippen LogP contribution in [0.2, 0.25) is 0 Å². The number of nitrogens with zero attached hydrogens (tertiary/aromatic N) is 1. The van der Waals surface area contributed by atoms with Gasteiger partial charge >= 0.3 is 0 Å². The number of unbranched alkanes of at least 4 members (excludes halogenated alkanes) is 1. The first-order chi connectivity index (χ1) is 16.4. The van der Waals surface area contributed by atoms with Crippen LogP contribution in [0.1, 0.15) is 58.1 Å². The molecule has 2 rings (SSSR count). The normalized spacial score (nSPS) is 11.6. The summed E-state index contributed by atoms with van der Waals surface area (Å²) < 4.78 is 12.3. The Kier molecular flexibility index (Phi) is 11.9.